The topological polar surface area (TPSA) is 29.5 Å². The van der Waals surface area contributed by atoms with Gasteiger partial charge in [-0.3, -0.25) is 0 Å². The zero-order valence-corrected chi connectivity index (χ0v) is 26.7. The highest BCUT2D eigenvalue weighted by atomic mass is 28.4. The van der Waals surface area contributed by atoms with Crippen molar-refractivity contribution >= 4 is 8.32 Å². The second-order valence-corrected chi connectivity index (χ2v) is 21.5. The SMILES string of the molecule is C[C@H](CCCC(C)(C)C)[C@H]1CC[C@@H]2/C(=C/C(O)[C@@]34C[C@@H](O[Si](C)(C)C(C)(C)C)C[C@@H]3C4)CCC[C@@]21C. The monoisotopic (exact) mass is 516 g/mol. The summed E-state index contributed by atoms with van der Waals surface area (Å²) >= 11 is 0. The van der Waals surface area contributed by atoms with Gasteiger partial charge in [-0.15, -0.1) is 0 Å². The van der Waals surface area contributed by atoms with Crippen LogP contribution < -0.4 is 0 Å². The number of aliphatic hydroxyl groups is 1. The molecule has 0 aromatic heterocycles. The van der Waals surface area contributed by atoms with E-state index in [1.807, 2.05) is 0 Å². The minimum atomic E-state index is -1.75. The molecule has 0 spiro atoms. The van der Waals surface area contributed by atoms with Gasteiger partial charge in [0.2, 0.25) is 0 Å². The van der Waals surface area contributed by atoms with Gasteiger partial charge in [-0.05, 0) is 110 Å². The van der Waals surface area contributed by atoms with E-state index in [1.165, 1.54) is 64.2 Å². The molecule has 0 aromatic carbocycles. The molecule has 4 rings (SSSR count). The zero-order chi connectivity index (χ0) is 26.7. The lowest BCUT2D eigenvalue weighted by molar-refractivity contribution is 0.0844. The molecule has 4 aliphatic carbocycles. The van der Waals surface area contributed by atoms with Crippen LogP contribution in [0, 0.1) is 39.9 Å². The molecule has 0 radical (unpaired) electrons. The summed E-state index contributed by atoms with van der Waals surface area (Å²) in [4.78, 5) is 0. The largest absolute Gasteiger partial charge is 0.414 e. The van der Waals surface area contributed by atoms with Crippen LogP contribution in [-0.4, -0.2) is 25.6 Å². The minimum Gasteiger partial charge on any atom is -0.414 e. The summed E-state index contributed by atoms with van der Waals surface area (Å²) in [6, 6.07) is 0. The number of hydrogen-bond acceptors (Lipinski definition) is 2. The Morgan fingerprint density at radius 3 is 2.44 bits per heavy atom. The first-order valence-electron chi connectivity index (χ1n) is 15.5. The first-order chi connectivity index (χ1) is 16.5. The van der Waals surface area contributed by atoms with E-state index < -0.39 is 8.32 Å². The highest BCUT2D eigenvalue weighted by Crippen LogP contribution is 2.67. The van der Waals surface area contributed by atoms with E-state index in [0.717, 1.165) is 18.3 Å². The van der Waals surface area contributed by atoms with Crippen LogP contribution in [0.4, 0.5) is 0 Å². The molecule has 4 saturated carbocycles. The molecule has 4 aliphatic rings. The van der Waals surface area contributed by atoms with Gasteiger partial charge in [0.25, 0.3) is 0 Å². The summed E-state index contributed by atoms with van der Waals surface area (Å²) in [6.07, 6.45) is 16.7. The van der Waals surface area contributed by atoms with Crippen molar-refractivity contribution in [2.45, 2.75) is 156 Å². The normalized spacial score (nSPS) is 39.7. The molecule has 8 atom stereocenters. The summed E-state index contributed by atoms with van der Waals surface area (Å²) in [7, 11) is -1.75. The molecule has 36 heavy (non-hydrogen) atoms. The maximum atomic E-state index is 11.6. The Hall–Kier alpha value is -0.123. The highest BCUT2D eigenvalue weighted by molar-refractivity contribution is 6.74. The standard InChI is InChI=1S/C33H60O2Si/c1-23(13-11-17-30(2,3)4)27-15-16-28-24(14-12-18-32(27,28)8)19-29(34)33-21-25(33)20-26(22-33)35-36(9,10)31(5,6)7/h19,23,25-29,34H,11-18,20-22H2,1-10H3/b24-19+/t23-,25-,26+,27-,28-,29?,32-,33+/m1/s1. The molecule has 0 aromatic rings. The third-order valence-corrected chi connectivity index (χ3v) is 16.5. The van der Waals surface area contributed by atoms with E-state index >= 15 is 0 Å². The fraction of sp³-hybridized carbons (Fsp3) is 0.939. The fourth-order valence-electron chi connectivity index (χ4n) is 8.70. The third-order valence-electron chi connectivity index (χ3n) is 12.0. The lowest BCUT2D eigenvalue weighted by atomic mass is 9.60. The number of aliphatic hydroxyl groups excluding tert-OH is 1. The van der Waals surface area contributed by atoms with Crippen molar-refractivity contribution in [2.24, 2.45) is 39.9 Å². The lowest BCUT2D eigenvalue weighted by Gasteiger charge is -2.45. The summed E-state index contributed by atoms with van der Waals surface area (Å²) in [5, 5.41) is 11.9. The summed E-state index contributed by atoms with van der Waals surface area (Å²) in [5.41, 5.74) is 2.63. The molecule has 1 unspecified atom stereocenters. The van der Waals surface area contributed by atoms with Gasteiger partial charge in [-0.2, -0.15) is 0 Å². The zero-order valence-electron chi connectivity index (χ0n) is 25.7. The van der Waals surface area contributed by atoms with Crippen LogP contribution in [0.5, 0.6) is 0 Å². The Balaban J connectivity index is 1.40. The van der Waals surface area contributed by atoms with E-state index in [0.29, 0.717) is 28.8 Å². The number of fused-ring (bicyclic) bond motifs is 2. The van der Waals surface area contributed by atoms with E-state index in [9.17, 15) is 5.11 Å². The molecule has 1 N–H and O–H groups in total. The van der Waals surface area contributed by atoms with Gasteiger partial charge in [0.1, 0.15) is 0 Å². The van der Waals surface area contributed by atoms with Gasteiger partial charge in [0.05, 0.1) is 6.10 Å². The molecule has 0 heterocycles. The molecule has 4 fully saturated rings. The average Bonchev–Trinajstić information content (AvgIpc) is 3.11. The van der Waals surface area contributed by atoms with Gasteiger partial charge < -0.3 is 9.53 Å². The molecular formula is C33H60O2Si. The first-order valence-corrected chi connectivity index (χ1v) is 18.5. The van der Waals surface area contributed by atoms with E-state index in [-0.39, 0.29) is 16.6 Å². The summed E-state index contributed by atoms with van der Waals surface area (Å²) < 4.78 is 6.82. The summed E-state index contributed by atoms with van der Waals surface area (Å²) in [6.45, 7) is 24.1. The van der Waals surface area contributed by atoms with Crippen molar-refractivity contribution in [2.75, 3.05) is 0 Å². The first kappa shape index (κ1) is 28.9. The predicted molar refractivity (Wildman–Crippen MR) is 157 cm³/mol. The van der Waals surface area contributed by atoms with Gasteiger partial charge in [-0.25, -0.2) is 0 Å². The van der Waals surface area contributed by atoms with Gasteiger partial charge in [0, 0.05) is 11.5 Å². The maximum Gasteiger partial charge on any atom is 0.192 e. The Bertz CT molecular complexity index is 817. The number of allylic oxidation sites excluding steroid dienone is 1. The Morgan fingerprint density at radius 1 is 1.11 bits per heavy atom. The molecule has 3 heteroatoms. The average molecular weight is 517 g/mol. The van der Waals surface area contributed by atoms with Crippen LogP contribution in [0.3, 0.4) is 0 Å². The quantitative estimate of drug-likeness (QED) is 0.257. The van der Waals surface area contributed by atoms with Crippen LogP contribution in [-0.2, 0) is 4.43 Å². The van der Waals surface area contributed by atoms with Gasteiger partial charge in [0.15, 0.2) is 8.32 Å². The molecular weight excluding hydrogens is 456 g/mol. The van der Waals surface area contributed by atoms with Gasteiger partial charge in [-0.1, -0.05) is 79.9 Å². The Labute approximate surface area is 225 Å². The van der Waals surface area contributed by atoms with E-state index in [4.69, 9.17) is 4.43 Å². The molecule has 0 saturated heterocycles. The number of hydrogen-bond donors (Lipinski definition) is 1. The van der Waals surface area contributed by atoms with Crippen LogP contribution in [0.25, 0.3) is 0 Å². The van der Waals surface area contributed by atoms with Crippen molar-refractivity contribution in [3.63, 3.8) is 0 Å². The second-order valence-electron chi connectivity index (χ2n) is 16.8. The smallest absolute Gasteiger partial charge is 0.192 e. The van der Waals surface area contributed by atoms with Crippen LogP contribution in [0.15, 0.2) is 11.6 Å². The van der Waals surface area contributed by atoms with Crippen molar-refractivity contribution in [3.8, 4) is 0 Å². The molecule has 0 amide bonds. The van der Waals surface area contributed by atoms with Crippen molar-refractivity contribution in [3.05, 3.63) is 11.6 Å². The lowest BCUT2D eigenvalue weighted by Crippen LogP contribution is -2.44. The van der Waals surface area contributed by atoms with Gasteiger partial charge >= 0.3 is 0 Å². The van der Waals surface area contributed by atoms with Crippen LogP contribution >= 0.6 is 0 Å². The molecule has 0 aliphatic heterocycles. The molecule has 0 bridgehead atoms. The van der Waals surface area contributed by atoms with Crippen molar-refractivity contribution in [1.29, 1.82) is 0 Å². The van der Waals surface area contributed by atoms with Crippen LogP contribution in [0.1, 0.15) is 126 Å². The van der Waals surface area contributed by atoms with E-state index in [1.54, 1.807) is 5.57 Å². The minimum absolute atomic E-state index is 0.117. The second kappa shape index (κ2) is 9.81. The highest BCUT2D eigenvalue weighted by Gasteiger charge is 2.64. The van der Waals surface area contributed by atoms with Crippen molar-refractivity contribution in [1.82, 2.24) is 0 Å². The van der Waals surface area contributed by atoms with E-state index in [2.05, 4.69) is 74.6 Å². The molecule has 2 nitrogen and oxygen atoms in total. The fourth-order valence-corrected chi connectivity index (χ4v) is 10.1. The predicted octanol–water partition coefficient (Wildman–Crippen LogP) is 9.53. The maximum absolute atomic E-state index is 11.6. The third kappa shape index (κ3) is 5.60. The molecule has 208 valence electrons. The Kier molecular flexibility index (Phi) is 7.87. The Morgan fingerprint density at radius 2 is 1.81 bits per heavy atom. The summed E-state index contributed by atoms with van der Waals surface area (Å²) in [5.74, 6) is 3.05. The van der Waals surface area contributed by atoms with Crippen LogP contribution in [0.2, 0.25) is 18.1 Å². The number of rotatable bonds is 8. The van der Waals surface area contributed by atoms with Crippen molar-refractivity contribution < 1.29 is 9.53 Å².